The van der Waals surface area contributed by atoms with Gasteiger partial charge in [0, 0.05) is 6.54 Å². The van der Waals surface area contributed by atoms with E-state index in [4.69, 9.17) is 4.74 Å². The Kier molecular flexibility index (Phi) is 6.58. The summed E-state index contributed by atoms with van der Waals surface area (Å²) in [6.45, 7) is 0.595. The second kappa shape index (κ2) is 9.15. The largest absolute Gasteiger partial charge is 0.465 e. The molecule has 0 aliphatic heterocycles. The molecule has 124 valence electrons. The number of carbonyl (C=O) groups is 2. The van der Waals surface area contributed by atoms with Gasteiger partial charge in [-0.1, -0.05) is 54.6 Å². The van der Waals surface area contributed by atoms with Crippen LogP contribution in [-0.2, 0) is 16.1 Å². The van der Waals surface area contributed by atoms with Crippen LogP contribution in [0.2, 0.25) is 0 Å². The summed E-state index contributed by atoms with van der Waals surface area (Å²) in [5.41, 5.74) is 2.35. The average molecular weight is 325 g/mol. The van der Waals surface area contributed by atoms with Crippen LogP contribution in [0.1, 0.15) is 21.5 Å². The maximum absolute atomic E-state index is 11.6. The van der Waals surface area contributed by atoms with Crippen LogP contribution < -0.4 is 5.32 Å². The van der Waals surface area contributed by atoms with Crippen molar-refractivity contribution in [3.63, 3.8) is 0 Å². The zero-order valence-corrected chi connectivity index (χ0v) is 13.4. The first kappa shape index (κ1) is 17.3. The van der Waals surface area contributed by atoms with Crippen LogP contribution in [0.4, 0.5) is 4.79 Å². The lowest BCUT2D eigenvalue weighted by molar-refractivity contribution is 0.0600. The highest BCUT2D eigenvalue weighted by Gasteiger charge is 2.03. The molecule has 0 unspecified atom stereocenters. The van der Waals surface area contributed by atoms with Gasteiger partial charge in [-0.3, -0.25) is 0 Å². The summed E-state index contributed by atoms with van der Waals surface area (Å²) in [5.74, 6) is -0.367. The Labute approximate surface area is 140 Å². The second-order valence-corrected chi connectivity index (χ2v) is 4.96. The lowest BCUT2D eigenvalue weighted by Gasteiger charge is -2.05. The molecule has 0 aliphatic rings. The minimum atomic E-state index is -0.468. The Morgan fingerprint density at radius 2 is 1.75 bits per heavy atom. The molecule has 2 aromatic carbocycles. The van der Waals surface area contributed by atoms with E-state index in [0.717, 1.165) is 11.1 Å². The highest BCUT2D eigenvalue weighted by atomic mass is 16.5. The number of rotatable bonds is 6. The number of carbonyl (C=O) groups excluding carboxylic acids is 2. The SMILES string of the molecule is COC(=O)c1ccc(C=CCNC(=O)OCc2ccccc2)cc1. The van der Waals surface area contributed by atoms with Crippen molar-refractivity contribution in [1.29, 1.82) is 0 Å². The fourth-order valence-electron chi connectivity index (χ4n) is 1.96. The Morgan fingerprint density at radius 3 is 2.42 bits per heavy atom. The number of benzene rings is 2. The van der Waals surface area contributed by atoms with Gasteiger partial charge in [-0.2, -0.15) is 0 Å². The number of nitrogens with one attached hydrogen (secondary N) is 1. The zero-order valence-electron chi connectivity index (χ0n) is 13.4. The standard InChI is InChI=1S/C19H19NO4/c1-23-18(21)17-11-9-15(10-12-17)8-5-13-20-19(22)24-14-16-6-3-2-4-7-16/h2-12H,13-14H2,1H3,(H,20,22). The molecule has 0 radical (unpaired) electrons. The highest BCUT2D eigenvalue weighted by molar-refractivity contribution is 5.89. The highest BCUT2D eigenvalue weighted by Crippen LogP contribution is 2.07. The van der Waals surface area contributed by atoms with Crippen molar-refractivity contribution >= 4 is 18.1 Å². The third-order valence-electron chi connectivity index (χ3n) is 3.22. The van der Waals surface area contributed by atoms with Crippen LogP contribution in [0, 0.1) is 0 Å². The lowest BCUT2D eigenvalue weighted by atomic mass is 10.1. The Hall–Kier alpha value is -3.08. The monoisotopic (exact) mass is 325 g/mol. The number of alkyl carbamates (subject to hydrolysis) is 1. The van der Waals surface area contributed by atoms with E-state index in [1.54, 1.807) is 30.3 Å². The first-order chi connectivity index (χ1) is 11.7. The topological polar surface area (TPSA) is 64.6 Å². The Morgan fingerprint density at radius 1 is 1.04 bits per heavy atom. The van der Waals surface area contributed by atoms with E-state index in [2.05, 4.69) is 10.1 Å². The summed E-state index contributed by atoms with van der Waals surface area (Å²) in [6, 6.07) is 16.5. The van der Waals surface area contributed by atoms with Gasteiger partial charge in [0.15, 0.2) is 0 Å². The molecule has 0 heterocycles. The molecule has 2 rings (SSSR count). The molecule has 2 aromatic rings. The molecule has 5 nitrogen and oxygen atoms in total. The minimum Gasteiger partial charge on any atom is -0.465 e. The third-order valence-corrected chi connectivity index (χ3v) is 3.22. The van der Waals surface area contributed by atoms with Crippen molar-refractivity contribution < 1.29 is 19.1 Å². The first-order valence-corrected chi connectivity index (χ1v) is 7.48. The van der Waals surface area contributed by atoms with Crippen LogP contribution in [0.3, 0.4) is 0 Å². The molecule has 0 saturated heterocycles. The lowest BCUT2D eigenvalue weighted by Crippen LogP contribution is -2.24. The van der Waals surface area contributed by atoms with Gasteiger partial charge in [-0.25, -0.2) is 9.59 Å². The van der Waals surface area contributed by atoms with E-state index in [0.29, 0.717) is 12.1 Å². The number of esters is 1. The Balaban J connectivity index is 1.72. The van der Waals surface area contributed by atoms with Crippen molar-refractivity contribution in [1.82, 2.24) is 5.32 Å². The number of hydrogen-bond donors (Lipinski definition) is 1. The number of amides is 1. The molecule has 5 heteroatoms. The predicted octanol–water partition coefficient (Wildman–Crippen LogP) is 3.41. The van der Waals surface area contributed by atoms with Crippen LogP contribution >= 0.6 is 0 Å². The van der Waals surface area contributed by atoms with Crippen molar-refractivity contribution in [2.45, 2.75) is 6.61 Å². The van der Waals surface area contributed by atoms with Gasteiger partial charge in [-0.15, -0.1) is 0 Å². The van der Waals surface area contributed by atoms with Crippen molar-refractivity contribution in [2.75, 3.05) is 13.7 Å². The summed E-state index contributed by atoms with van der Waals surface area (Å²) >= 11 is 0. The van der Waals surface area contributed by atoms with E-state index >= 15 is 0 Å². The predicted molar refractivity (Wildman–Crippen MR) is 91.4 cm³/mol. The van der Waals surface area contributed by atoms with E-state index in [9.17, 15) is 9.59 Å². The van der Waals surface area contributed by atoms with E-state index in [-0.39, 0.29) is 12.6 Å². The molecule has 0 bridgehead atoms. The molecule has 24 heavy (non-hydrogen) atoms. The van der Waals surface area contributed by atoms with Crippen molar-refractivity contribution in [3.05, 3.63) is 77.4 Å². The van der Waals surface area contributed by atoms with E-state index in [1.807, 2.05) is 36.4 Å². The molecule has 0 saturated carbocycles. The molecular formula is C19H19NO4. The van der Waals surface area contributed by atoms with Gasteiger partial charge in [-0.05, 0) is 23.3 Å². The van der Waals surface area contributed by atoms with Gasteiger partial charge >= 0.3 is 12.1 Å². The number of methoxy groups -OCH3 is 1. The van der Waals surface area contributed by atoms with Crippen LogP contribution in [0.25, 0.3) is 6.08 Å². The maximum atomic E-state index is 11.6. The molecule has 0 aliphatic carbocycles. The molecule has 0 spiro atoms. The molecule has 0 atom stereocenters. The maximum Gasteiger partial charge on any atom is 0.407 e. The fraction of sp³-hybridized carbons (Fsp3) is 0.158. The molecule has 0 aromatic heterocycles. The summed E-state index contributed by atoms with van der Waals surface area (Å²) in [5, 5.41) is 2.64. The summed E-state index contributed by atoms with van der Waals surface area (Å²) in [6.07, 6.45) is 3.18. The van der Waals surface area contributed by atoms with Crippen molar-refractivity contribution in [3.8, 4) is 0 Å². The molecule has 0 fully saturated rings. The van der Waals surface area contributed by atoms with Crippen molar-refractivity contribution in [2.24, 2.45) is 0 Å². The van der Waals surface area contributed by atoms with Crippen LogP contribution in [0.5, 0.6) is 0 Å². The summed E-state index contributed by atoms with van der Waals surface area (Å²) in [7, 11) is 1.35. The number of hydrogen-bond acceptors (Lipinski definition) is 4. The average Bonchev–Trinajstić information content (AvgIpc) is 2.64. The van der Waals surface area contributed by atoms with Gasteiger partial charge in [0.25, 0.3) is 0 Å². The summed E-state index contributed by atoms with van der Waals surface area (Å²) < 4.78 is 9.74. The molecule has 1 N–H and O–H groups in total. The van der Waals surface area contributed by atoms with Crippen LogP contribution in [-0.4, -0.2) is 25.7 Å². The van der Waals surface area contributed by atoms with Gasteiger partial charge < -0.3 is 14.8 Å². The van der Waals surface area contributed by atoms with E-state index < -0.39 is 6.09 Å². The smallest absolute Gasteiger partial charge is 0.407 e. The summed E-state index contributed by atoms with van der Waals surface area (Å²) in [4.78, 5) is 22.9. The fourth-order valence-corrected chi connectivity index (χ4v) is 1.96. The van der Waals surface area contributed by atoms with Gasteiger partial charge in [0.2, 0.25) is 0 Å². The van der Waals surface area contributed by atoms with Crippen LogP contribution in [0.15, 0.2) is 60.7 Å². The molecule has 1 amide bonds. The van der Waals surface area contributed by atoms with Gasteiger partial charge in [0.05, 0.1) is 12.7 Å². The van der Waals surface area contributed by atoms with E-state index in [1.165, 1.54) is 7.11 Å². The first-order valence-electron chi connectivity index (χ1n) is 7.48. The number of ether oxygens (including phenoxy) is 2. The molecular weight excluding hydrogens is 306 g/mol. The third kappa shape index (κ3) is 5.61. The Bertz CT molecular complexity index is 693. The van der Waals surface area contributed by atoms with Gasteiger partial charge in [0.1, 0.15) is 6.61 Å². The minimum absolute atomic E-state index is 0.241. The second-order valence-electron chi connectivity index (χ2n) is 4.96. The normalized spacial score (nSPS) is 10.4. The zero-order chi connectivity index (χ0) is 17.2. The quantitative estimate of drug-likeness (QED) is 0.827.